The number of piperazine rings is 1. The van der Waals surface area contributed by atoms with Gasteiger partial charge in [-0.3, -0.25) is 4.90 Å². The highest BCUT2D eigenvalue weighted by Gasteiger charge is 2.21. The molecule has 2 heterocycles. The number of fused-ring (bicyclic) bond motifs is 1. The van der Waals surface area contributed by atoms with E-state index in [4.69, 9.17) is 0 Å². The van der Waals surface area contributed by atoms with E-state index in [-0.39, 0.29) is 0 Å². The molecule has 2 aliphatic heterocycles. The summed E-state index contributed by atoms with van der Waals surface area (Å²) in [5.74, 6) is 0.711. The van der Waals surface area contributed by atoms with Gasteiger partial charge in [0, 0.05) is 50.9 Å². The van der Waals surface area contributed by atoms with Gasteiger partial charge in [-0.15, -0.1) is 0 Å². The van der Waals surface area contributed by atoms with Crippen LogP contribution in [0, 0.1) is 0 Å². The molecule has 1 fully saturated rings. The molecule has 3 heteroatoms. The minimum Gasteiger partial charge on any atom is -0.384 e. The van der Waals surface area contributed by atoms with E-state index in [1.54, 1.807) is 0 Å². The van der Waals surface area contributed by atoms with E-state index in [2.05, 4.69) is 47.3 Å². The second-order valence-corrected chi connectivity index (χ2v) is 5.99. The lowest BCUT2D eigenvalue weighted by molar-refractivity contribution is 0.148. The fourth-order valence-electron chi connectivity index (χ4n) is 3.18. The SMILES string of the molecule is CCC1CNc2ccc(CN3CCN(C)CC3)cc21. The van der Waals surface area contributed by atoms with E-state index in [0.29, 0.717) is 5.92 Å². The van der Waals surface area contributed by atoms with Gasteiger partial charge in [0.1, 0.15) is 0 Å². The van der Waals surface area contributed by atoms with Gasteiger partial charge in [-0.2, -0.15) is 0 Å². The molecule has 1 atom stereocenters. The summed E-state index contributed by atoms with van der Waals surface area (Å²) >= 11 is 0. The van der Waals surface area contributed by atoms with Crippen LogP contribution in [0.25, 0.3) is 0 Å². The number of rotatable bonds is 3. The molecule has 0 aromatic heterocycles. The molecule has 1 aromatic rings. The molecule has 3 rings (SSSR count). The van der Waals surface area contributed by atoms with Gasteiger partial charge in [0.2, 0.25) is 0 Å². The van der Waals surface area contributed by atoms with Crippen molar-refractivity contribution in [2.75, 3.05) is 45.1 Å². The van der Waals surface area contributed by atoms with Crippen LogP contribution in [0.15, 0.2) is 18.2 Å². The van der Waals surface area contributed by atoms with Crippen molar-refractivity contribution < 1.29 is 0 Å². The first-order chi connectivity index (χ1) is 9.26. The van der Waals surface area contributed by atoms with E-state index >= 15 is 0 Å². The average molecular weight is 259 g/mol. The van der Waals surface area contributed by atoms with Gasteiger partial charge in [0.05, 0.1) is 0 Å². The standard InChI is InChI=1S/C16H25N3/c1-3-14-11-17-16-5-4-13(10-15(14)16)12-19-8-6-18(2)7-9-19/h4-5,10,14,17H,3,6-9,11-12H2,1-2H3. The summed E-state index contributed by atoms with van der Waals surface area (Å²) in [5, 5.41) is 3.52. The summed E-state index contributed by atoms with van der Waals surface area (Å²) < 4.78 is 0. The van der Waals surface area contributed by atoms with Gasteiger partial charge in [0.15, 0.2) is 0 Å². The Morgan fingerprint density at radius 3 is 2.74 bits per heavy atom. The van der Waals surface area contributed by atoms with Crippen LogP contribution in [-0.4, -0.2) is 49.6 Å². The van der Waals surface area contributed by atoms with Crippen molar-refractivity contribution in [2.24, 2.45) is 0 Å². The molecule has 0 saturated carbocycles. The van der Waals surface area contributed by atoms with Crippen molar-refractivity contribution in [2.45, 2.75) is 25.8 Å². The number of hydrogen-bond acceptors (Lipinski definition) is 3. The first-order valence-electron chi connectivity index (χ1n) is 7.54. The summed E-state index contributed by atoms with van der Waals surface area (Å²) in [6, 6.07) is 7.00. The molecule has 3 nitrogen and oxygen atoms in total. The van der Waals surface area contributed by atoms with Crippen LogP contribution in [0.3, 0.4) is 0 Å². The predicted octanol–water partition coefficient (Wildman–Crippen LogP) is 2.35. The third-order valence-corrected chi connectivity index (χ3v) is 4.59. The first kappa shape index (κ1) is 12.9. The van der Waals surface area contributed by atoms with E-state index in [1.165, 1.54) is 49.4 Å². The van der Waals surface area contributed by atoms with Crippen LogP contribution >= 0.6 is 0 Å². The Balaban J connectivity index is 1.69. The number of benzene rings is 1. The van der Waals surface area contributed by atoms with Crippen LogP contribution in [0.2, 0.25) is 0 Å². The van der Waals surface area contributed by atoms with Crippen LogP contribution in [0.1, 0.15) is 30.4 Å². The number of hydrogen-bond donors (Lipinski definition) is 1. The smallest absolute Gasteiger partial charge is 0.0376 e. The van der Waals surface area contributed by atoms with Crippen LogP contribution < -0.4 is 5.32 Å². The van der Waals surface area contributed by atoms with Gasteiger partial charge in [0.25, 0.3) is 0 Å². The molecular formula is C16H25N3. The fourth-order valence-corrected chi connectivity index (χ4v) is 3.18. The number of anilines is 1. The molecule has 2 aliphatic rings. The Kier molecular flexibility index (Phi) is 3.76. The molecule has 1 saturated heterocycles. The molecular weight excluding hydrogens is 234 g/mol. The van der Waals surface area contributed by atoms with Gasteiger partial charge in [-0.1, -0.05) is 19.1 Å². The summed E-state index contributed by atoms with van der Waals surface area (Å²) in [6.07, 6.45) is 1.23. The van der Waals surface area contributed by atoms with Crippen LogP contribution in [-0.2, 0) is 6.54 Å². The molecule has 1 aromatic carbocycles. The molecule has 0 bridgehead atoms. The third kappa shape index (κ3) is 2.77. The normalized spacial score (nSPS) is 24.2. The number of likely N-dealkylation sites (N-methyl/N-ethyl adjacent to an activating group) is 1. The van der Waals surface area contributed by atoms with Crippen LogP contribution in [0.5, 0.6) is 0 Å². The Labute approximate surface area is 116 Å². The zero-order valence-electron chi connectivity index (χ0n) is 12.2. The van der Waals surface area contributed by atoms with Crippen molar-refractivity contribution in [1.82, 2.24) is 9.80 Å². The van der Waals surface area contributed by atoms with Crippen molar-refractivity contribution in [3.8, 4) is 0 Å². The Hall–Kier alpha value is -1.06. The quantitative estimate of drug-likeness (QED) is 0.899. The predicted molar refractivity (Wildman–Crippen MR) is 80.7 cm³/mol. The second kappa shape index (κ2) is 5.51. The maximum absolute atomic E-state index is 3.52. The Bertz CT molecular complexity index is 436. The molecule has 0 radical (unpaired) electrons. The Morgan fingerprint density at radius 2 is 2.00 bits per heavy atom. The molecule has 0 aliphatic carbocycles. The average Bonchev–Trinajstić information content (AvgIpc) is 2.84. The van der Waals surface area contributed by atoms with E-state index in [0.717, 1.165) is 13.1 Å². The Morgan fingerprint density at radius 1 is 1.21 bits per heavy atom. The lowest BCUT2D eigenvalue weighted by atomic mass is 9.97. The van der Waals surface area contributed by atoms with E-state index in [9.17, 15) is 0 Å². The molecule has 0 spiro atoms. The summed E-state index contributed by atoms with van der Waals surface area (Å²) in [4.78, 5) is 4.99. The molecule has 1 N–H and O–H groups in total. The van der Waals surface area contributed by atoms with E-state index < -0.39 is 0 Å². The number of nitrogens with one attached hydrogen (secondary N) is 1. The van der Waals surface area contributed by atoms with Crippen LogP contribution in [0.4, 0.5) is 5.69 Å². The highest BCUT2D eigenvalue weighted by atomic mass is 15.2. The fraction of sp³-hybridized carbons (Fsp3) is 0.625. The van der Waals surface area contributed by atoms with Crippen molar-refractivity contribution in [3.05, 3.63) is 29.3 Å². The summed E-state index contributed by atoms with van der Waals surface area (Å²) in [6.45, 7) is 9.30. The zero-order chi connectivity index (χ0) is 13.2. The van der Waals surface area contributed by atoms with Crippen molar-refractivity contribution in [3.63, 3.8) is 0 Å². The van der Waals surface area contributed by atoms with Gasteiger partial charge in [-0.25, -0.2) is 0 Å². The lowest BCUT2D eigenvalue weighted by Gasteiger charge is -2.32. The maximum Gasteiger partial charge on any atom is 0.0376 e. The minimum absolute atomic E-state index is 0.711. The largest absolute Gasteiger partial charge is 0.384 e. The minimum atomic E-state index is 0.711. The van der Waals surface area contributed by atoms with E-state index in [1.807, 2.05) is 0 Å². The lowest BCUT2D eigenvalue weighted by Crippen LogP contribution is -2.43. The van der Waals surface area contributed by atoms with Gasteiger partial charge in [-0.05, 0) is 30.7 Å². The summed E-state index contributed by atoms with van der Waals surface area (Å²) in [5.41, 5.74) is 4.37. The number of nitrogens with zero attached hydrogens (tertiary/aromatic N) is 2. The monoisotopic (exact) mass is 259 g/mol. The second-order valence-electron chi connectivity index (χ2n) is 5.99. The topological polar surface area (TPSA) is 18.5 Å². The van der Waals surface area contributed by atoms with Crippen molar-refractivity contribution in [1.29, 1.82) is 0 Å². The highest BCUT2D eigenvalue weighted by Crippen LogP contribution is 2.34. The first-order valence-corrected chi connectivity index (χ1v) is 7.54. The molecule has 0 amide bonds. The molecule has 1 unspecified atom stereocenters. The zero-order valence-corrected chi connectivity index (χ0v) is 12.2. The van der Waals surface area contributed by atoms with Gasteiger partial charge < -0.3 is 10.2 Å². The summed E-state index contributed by atoms with van der Waals surface area (Å²) in [7, 11) is 2.21. The van der Waals surface area contributed by atoms with Gasteiger partial charge >= 0.3 is 0 Å². The maximum atomic E-state index is 3.52. The molecule has 104 valence electrons. The van der Waals surface area contributed by atoms with Crippen molar-refractivity contribution >= 4 is 5.69 Å². The third-order valence-electron chi connectivity index (χ3n) is 4.59. The highest BCUT2D eigenvalue weighted by molar-refractivity contribution is 5.58. The molecule has 19 heavy (non-hydrogen) atoms.